The summed E-state index contributed by atoms with van der Waals surface area (Å²) in [4.78, 5) is 11.7. The Kier molecular flexibility index (Phi) is 5.43. The number of carbonyl (C=O) groups is 1. The Morgan fingerprint density at radius 2 is 1.70 bits per heavy atom. The number of benzene rings is 2. The highest BCUT2D eigenvalue weighted by atomic mass is 19.4. The van der Waals surface area contributed by atoms with Crippen LogP contribution in [0.4, 0.5) is 30.7 Å². The molecule has 0 heterocycles. The Balaban J connectivity index is 2.34. The molecule has 4 nitrogen and oxygen atoms in total. The van der Waals surface area contributed by atoms with Gasteiger partial charge in [0.1, 0.15) is 11.6 Å². The standard InChI is InChI=1S/C16H9F7N2O2/c17-11-3-1-2-8(5-11)14(27)25-24-7-9-4-10(15(18,19)20)6-12(13(9)26)16(21,22)23/h1-7,26H,(H,25,27)/b24-7+. The molecule has 0 radical (unpaired) electrons. The predicted molar refractivity (Wildman–Crippen MR) is 79.6 cm³/mol. The van der Waals surface area contributed by atoms with Gasteiger partial charge >= 0.3 is 12.4 Å². The molecule has 0 aliphatic carbocycles. The van der Waals surface area contributed by atoms with Gasteiger partial charge in [0.2, 0.25) is 0 Å². The molecule has 0 unspecified atom stereocenters. The Morgan fingerprint density at radius 3 is 2.26 bits per heavy atom. The molecular formula is C16H9F7N2O2. The van der Waals surface area contributed by atoms with E-state index in [-0.39, 0.29) is 17.7 Å². The molecule has 2 rings (SSSR count). The molecule has 0 spiro atoms. The molecule has 2 N–H and O–H groups in total. The van der Waals surface area contributed by atoms with E-state index in [1.165, 1.54) is 12.1 Å². The molecule has 1 amide bonds. The van der Waals surface area contributed by atoms with Crippen molar-refractivity contribution in [3.8, 4) is 5.75 Å². The van der Waals surface area contributed by atoms with Gasteiger partial charge in [-0.25, -0.2) is 9.82 Å². The number of halogens is 7. The molecule has 2 aromatic carbocycles. The monoisotopic (exact) mass is 394 g/mol. The topological polar surface area (TPSA) is 61.7 Å². The first kappa shape index (κ1) is 20.2. The summed E-state index contributed by atoms with van der Waals surface area (Å²) in [5, 5.41) is 12.8. The number of nitrogens with zero attached hydrogens (tertiary/aromatic N) is 1. The van der Waals surface area contributed by atoms with Crippen molar-refractivity contribution < 1.29 is 40.6 Å². The molecule has 0 aromatic heterocycles. The van der Waals surface area contributed by atoms with Gasteiger partial charge in [0.05, 0.1) is 17.3 Å². The van der Waals surface area contributed by atoms with E-state index in [9.17, 15) is 40.6 Å². The van der Waals surface area contributed by atoms with Crippen LogP contribution in [0, 0.1) is 5.82 Å². The van der Waals surface area contributed by atoms with E-state index in [1.54, 1.807) is 0 Å². The lowest BCUT2D eigenvalue weighted by Gasteiger charge is -2.15. The third-order valence-electron chi connectivity index (χ3n) is 3.23. The highest BCUT2D eigenvalue weighted by molar-refractivity contribution is 5.95. The number of phenolic OH excluding ortho intramolecular Hbond substituents is 1. The fourth-order valence-corrected chi connectivity index (χ4v) is 1.99. The van der Waals surface area contributed by atoms with Crippen molar-refractivity contribution in [2.24, 2.45) is 5.10 Å². The van der Waals surface area contributed by atoms with Crippen molar-refractivity contribution in [2.75, 3.05) is 0 Å². The zero-order chi connectivity index (χ0) is 20.4. The summed E-state index contributed by atoms with van der Waals surface area (Å²) in [5.74, 6) is -3.19. The van der Waals surface area contributed by atoms with E-state index in [0.717, 1.165) is 12.1 Å². The predicted octanol–water partition coefficient (Wildman–Crippen LogP) is 4.33. The number of hydrogen-bond donors (Lipinski definition) is 2. The lowest BCUT2D eigenvalue weighted by molar-refractivity contribution is -0.143. The maximum Gasteiger partial charge on any atom is 0.419 e. The van der Waals surface area contributed by atoms with Crippen molar-refractivity contribution >= 4 is 12.1 Å². The number of aromatic hydroxyl groups is 1. The normalized spacial score (nSPS) is 12.4. The van der Waals surface area contributed by atoms with Gasteiger partial charge < -0.3 is 5.11 Å². The fraction of sp³-hybridized carbons (Fsp3) is 0.125. The van der Waals surface area contributed by atoms with Gasteiger partial charge in [0.15, 0.2) is 0 Å². The van der Waals surface area contributed by atoms with Crippen LogP contribution in [0.5, 0.6) is 5.75 Å². The van der Waals surface area contributed by atoms with Crippen LogP contribution in [-0.4, -0.2) is 17.2 Å². The number of rotatable bonds is 3. The smallest absolute Gasteiger partial charge is 0.419 e. The Morgan fingerprint density at radius 1 is 1.04 bits per heavy atom. The largest absolute Gasteiger partial charge is 0.507 e. The van der Waals surface area contributed by atoms with E-state index in [2.05, 4.69) is 5.10 Å². The molecule has 27 heavy (non-hydrogen) atoms. The van der Waals surface area contributed by atoms with Crippen molar-refractivity contribution in [1.29, 1.82) is 0 Å². The maximum absolute atomic E-state index is 13.0. The summed E-state index contributed by atoms with van der Waals surface area (Å²) in [7, 11) is 0. The second-order valence-corrected chi connectivity index (χ2v) is 5.17. The minimum atomic E-state index is -5.25. The Hall–Kier alpha value is -3.11. The van der Waals surface area contributed by atoms with E-state index < -0.39 is 46.5 Å². The average molecular weight is 394 g/mol. The van der Waals surface area contributed by atoms with Crippen molar-refractivity contribution in [1.82, 2.24) is 5.43 Å². The van der Waals surface area contributed by atoms with Crippen molar-refractivity contribution in [2.45, 2.75) is 12.4 Å². The van der Waals surface area contributed by atoms with E-state index in [4.69, 9.17) is 0 Å². The first-order chi connectivity index (χ1) is 12.4. The third kappa shape index (κ3) is 4.96. The van der Waals surface area contributed by atoms with Crippen LogP contribution in [0.2, 0.25) is 0 Å². The number of amides is 1. The van der Waals surface area contributed by atoms with Gasteiger partial charge in [-0.15, -0.1) is 0 Å². The minimum absolute atomic E-state index is 0.184. The zero-order valence-electron chi connectivity index (χ0n) is 13.0. The number of phenols is 1. The number of hydrazone groups is 1. The van der Waals surface area contributed by atoms with Crippen molar-refractivity contribution in [3.63, 3.8) is 0 Å². The average Bonchev–Trinajstić information content (AvgIpc) is 2.54. The summed E-state index contributed by atoms with van der Waals surface area (Å²) < 4.78 is 89.8. The van der Waals surface area contributed by atoms with Crippen LogP contribution >= 0.6 is 0 Å². The molecule has 0 fully saturated rings. The molecule has 0 atom stereocenters. The zero-order valence-corrected chi connectivity index (χ0v) is 13.0. The van der Waals surface area contributed by atoms with Gasteiger partial charge in [0.25, 0.3) is 5.91 Å². The van der Waals surface area contributed by atoms with Gasteiger partial charge in [-0.05, 0) is 30.3 Å². The second-order valence-electron chi connectivity index (χ2n) is 5.17. The third-order valence-corrected chi connectivity index (χ3v) is 3.23. The van der Waals surface area contributed by atoms with Crippen LogP contribution < -0.4 is 5.43 Å². The molecule has 0 saturated heterocycles. The lowest BCUT2D eigenvalue weighted by Crippen LogP contribution is -2.18. The van der Waals surface area contributed by atoms with Crippen LogP contribution in [0.1, 0.15) is 27.0 Å². The summed E-state index contributed by atoms with van der Waals surface area (Å²) in [6.07, 6.45) is -9.95. The van der Waals surface area contributed by atoms with Crippen LogP contribution in [0.3, 0.4) is 0 Å². The highest BCUT2D eigenvalue weighted by Crippen LogP contribution is 2.41. The molecule has 2 aromatic rings. The molecule has 0 aliphatic heterocycles. The summed E-state index contributed by atoms with van der Waals surface area (Å²) >= 11 is 0. The van der Waals surface area contributed by atoms with Crippen LogP contribution in [-0.2, 0) is 12.4 Å². The number of carbonyl (C=O) groups excluding carboxylic acids is 1. The Labute approximate surface area is 146 Å². The lowest BCUT2D eigenvalue weighted by atomic mass is 10.0. The molecule has 11 heteroatoms. The minimum Gasteiger partial charge on any atom is -0.507 e. The molecule has 0 bridgehead atoms. The second kappa shape index (κ2) is 7.25. The molecule has 0 saturated carbocycles. The first-order valence-electron chi connectivity index (χ1n) is 7.00. The summed E-state index contributed by atoms with van der Waals surface area (Å²) in [6.45, 7) is 0. The number of hydrogen-bond acceptors (Lipinski definition) is 3. The van der Waals surface area contributed by atoms with Crippen LogP contribution in [0.15, 0.2) is 41.5 Å². The SMILES string of the molecule is O=C(N/N=C/c1cc(C(F)(F)F)cc(C(F)(F)F)c1O)c1cccc(F)c1. The molecule has 0 aliphatic rings. The Bertz CT molecular complexity index is 889. The highest BCUT2D eigenvalue weighted by Gasteiger charge is 2.39. The number of alkyl halides is 6. The summed E-state index contributed by atoms with van der Waals surface area (Å²) in [6, 6.07) is 4.31. The van der Waals surface area contributed by atoms with Gasteiger partial charge in [0, 0.05) is 11.1 Å². The number of nitrogens with one attached hydrogen (secondary N) is 1. The van der Waals surface area contributed by atoms with E-state index in [0.29, 0.717) is 6.21 Å². The first-order valence-corrected chi connectivity index (χ1v) is 7.00. The maximum atomic E-state index is 13.0. The van der Waals surface area contributed by atoms with Gasteiger partial charge in [-0.2, -0.15) is 31.4 Å². The van der Waals surface area contributed by atoms with Crippen LogP contribution in [0.25, 0.3) is 0 Å². The molecule has 144 valence electrons. The van der Waals surface area contributed by atoms with Gasteiger partial charge in [-0.3, -0.25) is 4.79 Å². The van der Waals surface area contributed by atoms with Gasteiger partial charge in [-0.1, -0.05) is 6.07 Å². The van der Waals surface area contributed by atoms with E-state index >= 15 is 0 Å². The van der Waals surface area contributed by atoms with Crippen molar-refractivity contribution in [3.05, 3.63) is 64.5 Å². The van der Waals surface area contributed by atoms with E-state index in [1.807, 2.05) is 5.43 Å². The quantitative estimate of drug-likeness (QED) is 0.463. The summed E-state index contributed by atoms with van der Waals surface area (Å²) in [5.41, 5.74) is -2.86. The molecular weight excluding hydrogens is 385 g/mol. The fourth-order valence-electron chi connectivity index (χ4n) is 1.99.